The topological polar surface area (TPSA) is 124 Å². The number of nitrogens with zero attached hydrogens (tertiary/aromatic N) is 1. The van der Waals surface area contributed by atoms with Crippen LogP contribution in [0, 0.1) is 11.7 Å². The second-order valence-electron chi connectivity index (χ2n) is 8.33. The first-order valence-corrected chi connectivity index (χ1v) is 11.7. The summed E-state index contributed by atoms with van der Waals surface area (Å²) in [4.78, 5) is 29.8. The number of hydrogen-bond acceptors (Lipinski definition) is 6. The Kier molecular flexibility index (Phi) is 11.0. The number of amides is 2. The van der Waals surface area contributed by atoms with Crippen LogP contribution in [-0.2, 0) is 22.6 Å². The van der Waals surface area contributed by atoms with Crippen molar-refractivity contribution < 1.29 is 28.2 Å². The van der Waals surface area contributed by atoms with Gasteiger partial charge < -0.3 is 25.3 Å². The summed E-state index contributed by atoms with van der Waals surface area (Å²) >= 11 is 0. The molecule has 196 valence electrons. The Morgan fingerprint density at radius 1 is 1.00 bits per heavy atom. The molecule has 2 aromatic carbocycles. The van der Waals surface area contributed by atoms with Crippen LogP contribution in [0.5, 0.6) is 17.2 Å². The van der Waals surface area contributed by atoms with Crippen LogP contribution in [0.3, 0.4) is 0 Å². The van der Waals surface area contributed by atoms with Crippen molar-refractivity contribution >= 4 is 17.8 Å². The third-order valence-corrected chi connectivity index (χ3v) is 5.59. The molecule has 0 fully saturated rings. The second-order valence-corrected chi connectivity index (χ2v) is 8.33. The SMILES string of the molecule is CCC[C@@H](C)[C@@H](N=C(N)NC(=O)Cc1ccc(OC)c(OC)c1)C(=O)NCc1ccc(F)c(OC)c1. The molecule has 0 aliphatic heterocycles. The summed E-state index contributed by atoms with van der Waals surface area (Å²) in [5.41, 5.74) is 7.37. The number of benzene rings is 2. The summed E-state index contributed by atoms with van der Waals surface area (Å²) < 4.78 is 29.1. The van der Waals surface area contributed by atoms with E-state index >= 15 is 0 Å². The molecule has 0 aliphatic rings. The highest BCUT2D eigenvalue weighted by Crippen LogP contribution is 2.27. The number of guanidine groups is 1. The van der Waals surface area contributed by atoms with E-state index in [-0.39, 0.29) is 42.4 Å². The van der Waals surface area contributed by atoms with E-state index in [9.17, 15) is 14.0 Å². The lowest BCUT2D eigenvalue weighted by Gasteiger charge is -2.20. The lowest BCUT2D eigenvalue weighted by Crippen LogP contribution is -2.43. The Morgan fingerprint density at radius 2 is 1.64 bits per heavy atom. The van der Waals surface area contributed by atoms with Gasteiger partial charge in [-0.25, -0.2) is 9.38 Å². The summed E-state index contributed by atoms with van der Waals surface area (Å²) in [5, 5.41) is 5.36. The van der Waals surface area contributed by atoms with Gasteiger partial charge in [-0.3, -0.25) is 14.9 Å². The predicted molar refractivity (Wildman–Crippen MR) is 136 cm³/mol. The maximum Gasteiger partial charge on any atom is 0.245 e. The van der Waals surface area contributed by atoms with Crippen molar-refractivity contribution in [3.8, 4) is 17.2 Å². The lowest BCUT2D eigenvalue weighted by atomic mass is 9.96. The molecule has 0 radical (unpaired) electrons. The molecule has 0 bridgehead atoms. The van der Waals surface area contributed by atoms with E-state index in [0.29, 0.717) is 22.6 Å². The molecule has 2 amide bonds. The largest absolute Gasteiger partial charge is 0.494 e. The smallest absolute Gasteiger partial charge is 0.245 e. The summed E-state index contributed by atoms with van der Waals surface area (Å²) in [5.74, 6) is -0.333. The average molecular weight is 503 g/mol. The van der Waals surface area contributed by atoms with Gasteiger partial charge in [0.1, 0.15) is 6.04 Å². The Bertz CT molecular complexity index is 1080. The van der Waals surface area contributed by atoms with Gasteiger partial charge in [-0.1, -0.05) is 32.4 Å². The van der Waals surface area contributed by atoms with Gasteiger partial charge in [0.05, 0.1) is 27.8 Å². The van der Waals surface area contributed by atoms with Crippen molar-refractivity contribution in [1.29, 1.82) is 0 Å². The van der Waals surface area contributed by atoms with E-state index in [2.05, 4.69) is 15.6 Å². The van der Waals surface area contributed by atoms with Crippen molar-refractivity contribution in [3.05, 3.63) is 53.3 Å². The molecule has 4 N–H and O–H groups in total. The van der Waals surface area contributed by atoms with Gasteiger partial charge in [-0.05, 0) is 47.7 Å². The molecule has 0 aliphatic carbocycles. The monoisotopic (exact) mass is 502 g/mol. The maximum atomic E-state index is 13.7. The van der Waals surface area contributed by atoms with Crippen molar-refractivity contribution in [2.24, 2.45) is 16.6 Å². The standard InChI is InChI=1S/C26H35FN4O5/c1-6-7-16(2)24(25(33)29-15-18-8-10-19(27)21(13-18)35-4)31-26(28)30-23(32)14-17-9-11-20(34-3)22(12-17)36-5/h8-13,16,24H,6-7,14-15H2,1-5H3,(H,29,33)(H3,28,30,31,32)/t16-,24-/m1/s1. The van der Waals surface area contributed by atoms with Crippen molar-refractivity contribution in [1.82, 2.24) is 10.6 Å². The van der Waals surface area contributed by atoms with Crippen LogP contribution in [0.1, 0.15) is 37.8 Å². The van der Waals surface area contributed by atoms with Crippen molar-refractivity contribution in [2.45, 2.75) is 45.7 Å². The first-order chi connectivity index (χ1) is 17.2. The van der Waals surface area contributed by atoms with Crippen LogP contribution in [0.25, 0.3) is 0 Å². The fourth-order valence-electron chi connectivity index (χ4n) is 3.71. The molecule has 0 heterocycles. The Hall–Kier alpha value is -3.82. The van der Waals surface area contributed by atoms with E-state index in [4.69, 9.17) is 19.9 Å². The summed E-state index contributed by atoms with van der Waals surface area (Å²) in [7, 11) is 4.42. The third-order valence-electron chi connectivity index (χ3n) is 5.59. The second kappa shape index (κ2) is 13.9. The summed E-state index contributed by atoms with van der Waals surface area (Å²) in [6, 6.07) is 8.72. The minimum Gasteiger partial charge on any atom is -0.494 e. The molecule has 10 heteroatoms. The van der Waals surface area contributed by atoms with Crippen molar-refractivity contribution in [3.63, 3.8) is 0 Å². The molecule has 0 saturated carbocycles. The highest BCUT2D eigenvalue weighted by atomic mass is 19.1. The average Bonchev–Trinajstić information content (AvgIpc) is 2.86. The van der Waals surface area contributed by atoms with Crippen LogP contribution in [0.15, 0.2) is 41.4 Å². The molecule has 36 heavy (non-hydrogen) atoms. The number of nitrogens with one attached hydrogen (secondary N) is 2. The van der Waals surface area contributed by atoms with Crippen molar-refractivity contribution in [2.75, 3.05) is 21.3 Å². The van der Waals surface area contributed by atoms with Gasteiger partial charge in [-0.15, -0.1) is 0 Å². The zero-order chi connectivity index (χ0) is 26.7. The number of nitrogens with two attached hydrogens (primary N) is 1. The zero-order valence-corrected chi connectivity index (χ0v) is 21.4. The Morgan fingerprint density at radius 3 is 2.28 bits per heavy atom. The molecular formula is C26H35FN4O5. The number of methoxy groups -OCH3 is 3. The quantitative estimate of drug-likeness (QED) is 0.303. The van der Waals surface area contributed by atoms with E-state index in [0.717, 1.165) is 12.8 Å². The number of carbonyl (C=O) groups excluding carboxylic acids is 2. The third kappa shape index (κ3) is 8.14. The van der Waals surface area contributed by atoms with E-state index in [1.807, 2.05) is 13.8 Å². The maximum absolute atomic E-state index is 13.7. The first kappa shape index (κ1) is 28.4. The summed E-state index contributed by atoms with van der Waals surface area (Å²) in [6.45, 7) is 4.07. The molecule has 0 aromatic heterocycles. The molecular weight excluding hydrogens is 467 g/mol. The fourth-order valence-corrected chi connectivity index (χ4v) is 3.71. The molecule has 0 unspecified atom stereocenters. The number of halogens is 1. The van der Waals surface area contributed by atoms with Gasteiger partial charge in [-0.2, -0.15) is 0 Å². The number of rotatable bonds is 12. The first-order valence-electron chi connectivity index (χ1n) is 11.7. The molecule has 9 nitrogen and oxygen atoms in total. The number of hydrogen-bond donors (Lipinski definition) is 3. The highest BCUT2D eigenvalue weighted by molar-refractivity contribution is 5.98. The van der Waals surface area contributed by atoms with Crippen LogP contribution in [0.2, 0.25) is 0 Å². The minimum atomic E-state index is -0.811. The van der Waals surface area contributed by atoms with Gasteiger partial charge in [0.25, 0.3) is 0 Å². The van der Waals surface area contributed by atoms with Crippen LogP contribution < -0.4 is 30.6 Å². The van der Waals surface area contributed by atoms with E-state index in [1.165, 1.54) is 33.5 Å². The highest BCUT2D eigenvalue weighted by Gasteiger charge is 2.25. The van der Waals surface area contributed by atoms with E-state index in [1.54, 1.807) is 24.3 Å². The molecule has 2 atom stereocenters. The van der Waals surface area contributed by atoms with Crippen LogP contribution >= 0.6 is 0 Å². The van der Waals surface area contributed by atoms with Crippen LogP contribution in [0.4, 0.5) is 4.39 Å². The van der Waals surface area contributed by atoms with Crippen LogP contribution in [-0.4, -0.2) is 45.1 Å². The predicted octanol–water partition coefficient (Wildman–Crippen LogP) is 2.95. The van der Waals surface area contributed by atoms with Gasteiger partial charge in [0, 0.05) is 6.54 Å². The normalized spacial score (nSPS) is 12.9. The number of aliphatic imine (C=N–C) groups is 1. The molecule has 0 saturated heterocycles. The number of carbonyl (C=O) groups is 2. The van der Waals surface area contributed by atoms with Gasteiger partial charge >= 0.3 is 0 Å². The zero-order valence-electron chi connectivity index (χ0n) is 21.4. The van der Waals surface area contributed by atoms with Gasteiger partial charge in [0.2, 0.25) is 11.8 Å². The Labute approximate surface area is 211 Å². The number of ether oxygens (including phenoxy) is 3. The van der Waals surface area contributed by atoms with E-state index < -0.39 is 11.9 Å². The molecule has 2 aromatic rings. The molecule has 0 spiro atoms. The lowest BCUT2D eigenvalue weighted by molar-refractivity contribution is -0.123. The Balaban J connectivity index is 2.08. The summed E-state index contributed by atoms with van der Waals surface area (Å²) in [6.07, 6.45) is 1.62. The molecule has 2 rings (SSSR count). The minimum absolute atomic E-state index is 0.0321. The van der Waals surface area contributed by atoms with Gasteiger partial charge in [0.15, 0.2) is 29.0 Å². The fraction of sp³-hybridized carbons (Fsp3) is 0.423.